The zero-order chi connectivity index (χ0) is 21.0. The molecule has 1 aromatic heterocycles. The van der Waals surface area contributed by atoms with Crippen LogP contribution in [0.5, 0.6) is 0 Å². The van der Waals surface area contributed by atoms with Crippen LogP contribution < -0.4 is 10.5 Å². The van der Waals surface area contributed by atoms with E-state index in [-0.39, 0.29) is 22.6 Å². The number of hydrogen-bond donors (Lipinski definition) is 2. The van der Waals surface area contributed by atoms with Crippen molar-refractivity contribution in [2.75, 3.05) is 5.75 Å². The summed E-state index contributed by atoms with van der Waals surface area (Å²) >= 11 is 7.27. The molecule has 11 heteroatoms. The summed E-state index contributed by atoms with van der Waals surface area (Å²) in [5.41, 5.74) is 1.56. The summed E-state index contributed by atoms with van der Waals surface area (Å²) in [5, 5.41) is 17.1. The molecule has 3 aromatic rings. The van der Waals surface area contributed by atoms with E-state index in [1.165, 1.54) is 23.9 Å². The molecule has 1 unspecified atom stereocenters. The molecule has 3 rings (SSSR count). The number of hydrogen-bond acceptors (Lipinski definition) is 6. The summed E-state index contributed by atoms with van der Waals surface area (Å²) in [7, 11) is -3.75. The lowest BCUT2D eigenvalue weighted by Crippen LogP contribution is -2.28. The fourth-order valence-corrected chi connectivity index (χ4v) is 4.01. The summed E-state index contributed by atoms with van der Waals surface area (Å²) in [5.74, 6) is -0.0579. The normalized spacial score (nSPS) is 12.5. The minimum atomic E-state index is -3.75. The van der Waals surface area contributed by atoms with Gasteiger partial charge in [0, 0.05) is 5.02 Å². The number of thioether (sulfide) groups is 1. The molecule has 0 saturated carbocycles. The molecule has 3 N–H and O–H groups in total. The standard InChI is InChI=1S/C18H18ClN5O3S2/c1-12(13-5-7-16(8-6-13)29(20,26)27)22-17(25)10-28-18-23-21-11-24(18)15-4-2-3-14(19)9-15/h2-9,11-12H,10H2,1H3,(H,22,25)(H2,20,26,27). The largest absolute Gasteiger partial charge is 0.349 e. The maximum atomic E-state index is 12.3. The highest BCUT2D eigenvalue weighted by Gasteiger charge is 2.14. The summed E-state index contributed by atoms with van der Waals surface area (Å²) in [6.07, 6.45) is 1.56. The van der Waals surface area contributed by atoms with Gasteiger partial charge in [0.2, 0.25) is 15.9 Å². The van der Waals surface area contributed by atoms with E-state index < -0.39 is 10.0 Å². The van der Waals surface area contributed by atoms with Crippen LogP contribution in [-0.4, -0.2) is 34.8 Å². The van der Waals surface area contributed by atoms with Crippen LogP contribution in [0.2, 0.25) is 5.02 Å². The number of carbonyl (C=O) groups is 1. The Hall–Kier alpha value is -2.40. The summed E-state index contributed by atoms with van der Waals surface area (Å²) < 4.78 is 24.4. The minimum Gasteiger partial charge on any atom is -0.349 e. The Morgan fingerprint density at radius 3 is 2.66 bits per heavy atom. The van der Waals surface area contributed by atoms with Gasteiger partial charge in [-0.3, -0.25) is 9.36 Å². The third-order valence-electron chi connectivity index (χ3n) is 4.02. The number of nitrogens with zero attached hydrogens (tertiary/aromatic N) is 3. The van der Waals surface area contributed by atoms with Crippen LogP contribution in [0.3, 0.4) is 0 Å². The van der Waals surface area contributed by atoms with Crippen molar-refractivity contribution in [2.24, 2.45) is 5.14 Å². The Balaban J connectivity index is 1.60. The van der Waals surface area contributed by atoms with Gasteiger partial charge in [0.1, 0.15) is 6.33 Å². The predicted molar refractivity (Wildman–Crippen MR) is 111 cm³/mol. The SMILES string of the molecule is CC(NC(=O)CSc1nncn1-c1cccc(Cl)c1)c1ccc(S(N)(=O)=O)cc1. The summed E-state index contributed by atoms with van der Waals surface area (Å²) in [6, 6.07) is 13.0. The van der Waals surface area contributed by atoms with E-state index >= 15 is 0 Å². The average Bonchev–Trinajstić information content (AvgIpc) is 3.14. The van der Waals surface area contributed by atoms with Crippen molar-refractivity contribution in [1.82, 2.24) is 20.1 Å². The molecule has 1 amide bonds. The molecular weight excluding hydrogens is 434 g/mol. The van der Waals surface area contributed by atoms with E-state index in [1.54, 1.807) is 35.2 Å². The van der Waals surface area contributed by atoms with Crippen LogP contribution >= 0.6 is 23.4 Å². The first-order valence-electron chi connectivity index (χ1n) is 8.45. The number of nitrogens with one attached hydrogen (secondary N) is 1. The molecule has 1 atom stereocenters. The van der Waals surface area contributed by atoms with E-state index in [2.05, 4.69) is 15.5 Å². The lowest BCUT2D eigenvalue weighted by molar-refractivity contribution is -0.119. The average molecular weight is 452 g/mol. The van der Waals surface area contributed by atoms with E-state index in [0.717, 1.165) is 11.3 Å². The monoisotopic (exact) mass is 451 g/mol. The van der Waals surface area contributed by atoms with Crippen molar-refractivity contribution >= 4 is 39.3 Å². The second-order valence-corrected chi connectivity index (χ2v) is 9.10. The van der Waals surface area contributed by atoms with Gasteiger partial charge in [-0.15, -0.1) is 10.2 Å². The van der Waals surface area contributed by atoms with Crippen molar-refractivity contribution in [3.8, 4) is 5.69 Å². The van der Waals surface area contributed by atoms with E-state index in [0.29, 0.717) is 10.2 Å². The van der Waals surface area contributed by atoms with Gasteiger partial charge in [0.15, 0.2) is 5.16 Å². The van der Waals surface area contributed by atoms with Gasteiger partial charge in [-0.2, -0.15) is 0 Å². The number of benzene rings is 2. The highest BCUT2D eigenvalue weighted by Crippen LogP contribution is 2.22. The van der Waals surface area contributed by atoms with Gasteiger partial charge in [-0.1, -0.05) is 41.6 Å². The second kappa shape index (κ2) is 8.95. The predicted octanol–water partition coefficient (Wildman–Crippen LogP) is 2.54. The number of carbonyl (C=O) groups excluding carboxylic acids is 1. The Morgan fingerprint density at radius 1 is 1.28 bits per heavy atom. The summed E-state index contributed by atoms with van der Waals surface area (Å²) in [4.78, 5) is 12.3. The molecule has 2 aromatic carbocycles. The van der Waals surface area contributed by atoms with Gasteiger partial charge in [-0.05, 0) is 42.8 Å². The number of aromatic nitrogens is 3. The van der Waals surface area contributed by atoms with Gasteiger partial charge in [0.25, 0.3) is 0 Å². The first-order chi connectivity index (χ1) is 13.7. The highest BCUT2D eigenvalue weighted by molar-refractivity contribution is 7.99. The Kier molecular flexibility index (Phi) is 6.58. The molecule has 0 spiro atoms. The lowest BCUT2D eigenvalue weighted by atomic mass is 10.1. The number of sulfonamides is 1. The Labute approximate surface area is 177 Å². The summed E-state index contributed by atoms with van der Waals surface area (Å²) in [6.45, 7) is 1.81. The molecule has 8 nitrogen and oxygen atoms in total. The van der Waals surface area contributed by atoms with Gasteiger partial charge >= 0.3 is 0 Å². The molecule has 0 radical (unpaired) electrons. The minimum absolute atomic E-state index is 0.0238. The fourth-order valence-electron chi connectivity index (χ4n) is 2.57. The molecule has 0 saturated heterocycles. The molecule has 0 bridgehead atoms. The van der Waals surface area contributed by atoms with Crippen LogP contribution in [0.25, 0.3) is 5.69 Å². The number of amides is 1. The number of nitrogens with two attached hydrogens (primary N) is 1. The Bertz CT molecular complexity index is 1120. The van der Waals surface area contributed by atoms with Crippen molar-refractivity contribution < 1.29 is 13.2 Å². The fraction of sp³-hybridized carbons (Fsp3) is 0.167. The first kappa shape index (κ1) is 21.3. The van der Waals surface area contributed by atoms with Crippen molar-refractivity contribution in [1.29, 1.82) is 0 Å². The second-order valence-electron chi connectivity index (χ2n) is 6.16. The van der Waals surface area contributed by atoms with Gasteiger partial charge in [0.05, 0.1) is 22.4 Å². The zero-order valence-electron chi connectivity index (χ0n) is 15.3. The molecule has 0 aliphatic heterocycles. The van der Waals surface area contributed by atoms with Crippen molar-refractivity contribution in [2.45, 2.75) is 23.0 Å². The maximum absolute atomic E-state index is 12.3. The zero-order valence-corrected chi connectivity index (χ0v) is 17.7. The molecule has 29 heavy (non-hydrogen) atoms. The van der Waals surface area contributed by atoms with Crippen LogP contribution in [0.4, 0.5) is 0 Å². The first-order valence-corrected chi connectivity index (χ1v) is 11.4. The quantitative estimate of drug-likeness (QED) is 0.532. The van der Waals surface area contributed by atoms with Crippen molar-refractivity contribution in [3.63, 3.8) is 0 Å². The van der Waals surface area contributed by atoms with E-state index in [9.17, 15) is 13.2 Å². The number of halogens is 1. The van der Waals surface area contributed by atoms with Crippen LogP contribution in [0.15, 0.2) is 64.9 Å². The highest BCUT2D eigenvalue weighted by atomic mass is 35.5. The molecule has 152 valence electrons. The van der Waals surface area contributed by atoms with Gasteiger partial charge < -0.3 is 5.32 Å². The number of rotatable bonds is 7. The molecule has 0 fully saturated rings. The number of primary sulfonamides is 1. The third kappa shape index (κ3) is 5.57. The van der Waals surface area contributed by atoms with E-state index in [1.807, 2.05) is 19.1 Å². The molecule has 1 heterocycles. The van der Waals surface area contributed by atoms with Crippen molar-refractivity contribution in [3.05, 3.63) is 65.4 Å². The van der Waals surface area contributed by atoms with Gasteiger partial charge in [-0.25, -0.2) is 13.6 Å². The topological polar surface area (TPSA) is 120 Å². The molecular formula is C18H18ClN5O3S2. The smallest absolute Gasteiger partial charge is 0.238 e. The third-order valence-corrected chi connectivity index (χ3v) is 6.13. The molecule has 0 aliphatic rings. The lowest BCUT2D eigenvalue weighted by Gasteiger charge is -2.14. The molecule has 0 aliphatic carbocycles. The maximum Gasteiger partial charge on any atom is 0.238 e. The van der Waals surface area contributed by atoms with Crippen LogP contribution in [-0.2, 0) is 14.8 Å². The van der Waals surface area contributed by atoms with E-state index in [4.69, 9.17) is 16.7 Å². The van der Waals surface area contributed by atoms with Crippen LogP contribution in [0.1, 0.15) is 18.5 Å². The Morgan fingerprint density at radius 2 is 2.00 bits per heavy atom. The van der Waals surface area contributed by atoms with Crippen LogP contribution in [0, 0.1) is 0 Å².